The lowest BCUT2D eigenvalue weighted by Crippen LogP contribution is -2.24. The average molecular weight is 209 g/mol. The van der Waals surface area contributed by atoms with Crippen LogP contribution in [0.1, 0.15) is 25.8 Å². The van der Waals surface area contributed by atoms with E-state index in [1.54, 1.807) is 13.2 Å². The highest BCUT2D eigenvalue weighted by molar-refractivity contribution is 5.45. The van der Waals surface area contributed by atoms with Crippen molar-refractivity contribution < 1.29 is 9.84 Å². The lowest BCUT2D eigenvalue weighted by atomic mass is 10.1. The third-order valence-electron chi connectivity index (χ3n) is 2.56. The number of aromatic hydroxyl groups is 1. The predicted molar refractivity (Wildman–Crippen MR) is 61.3 cm³/mol. The van der Waals surface area contributed by atoms with E-state index in [1.807, 2.05) is 12.1 Å². The summed E-state index contributed by atoms with van der Waals surface area (Å²) >= 11 is 0. The number of para-hydroxylation sites is 1. The van der Waals surface area contributed by atoms with E-state index >= 15 is 0 Å². The van der Waals surface area contributed by atoms with Crippen LogP contribution in [0.25, 0.3) is 0 Å². The standard InChI is InChI=1S/C12H19NO2/c1-4-9(2)13-8-10-6-5-7-11(15-3)12(10)14/h5-7,9,13-14H,4,8H2,1-3H3. The lowest BCUT2D eigenvalue weighted by Gasteiger charge is -2.13. The van der Waals surface area contributed by atoms with E-state index in [0.29, 0.717) is 18.3 Å². The van der Waals surface area contributed by atoms with Gasteiger partial charge in [-0.2, -0.15) is 0 Å². The van der Waals surface area contributed by atoms with Crippen LogP contribution in [-0.4, -0.2) is 18.3 Å². The van der Waals surface area contributed by atoms with Gasteiger partial charge in [-0.15, -0.1) is 0 Å². The van der Waals surface area contributed by atoms with E-state index in [0.717, 1.165) is 12.0 Å². The third kappa shape index (κ3) is 3.13. The van der Waals surface area contributed by atoms with Gasteiger partial charge < -0.3 is 15.2 Å². The summed E-state index contributed by atoms with van der Waals surface area (Å²) in [6.07, 6.45) is 1.07. The molecule has 0 aliphatic heterocycles. The van der Waals surface area contributed by atoms with E-state index in [1.165, 1.54) is 0 Å². The predicted octanol–water partition coefficient (Wildman–Crippen LogP) is 2.29. The molecule has 0 amide bonds. The molecule has 0 radical (unpaired) electrons. The van der Waals surface area contributed by atoms with E-state index in [-0.39, 0.29) is 5.75 Å². The van der Waals surface area contributed by atoms with E-state index < -0.39 is 0 Å². The van der Waals surface area contributed by atoms with E-state index in [4.69, 9.17) is 4.74 Å². The lowest BCUT2D eigenvalue weighted by molar-refractivity contribution is 0.368. The Bertz CT molecular complexity index is 312. The summed E-state index contributed by atoms with van der Waals surface area (Å²) in [6, 6.07) is 5.98. The minimum Gasteiger partial charge on any atom is -0.504 e. The molecular weight excluding hydrogens is 190 g/mol. The van der Waals surface area contributed by atoms with E-state index in [9.17, 15) is 5.11 Å². The number of methoxy groups -OCH3 is 1. The maximum absolute atomic E-state index is 9.81. The SMILES string of the molecule is CCC(C)NCc1cccc(OC)c1O. The number of ether oxygens (including phenoxy) is 1. The monoisotopic (exact) mass is 209 g/mol. The maximum atomic E-state index is 9.81. The zero-order valence-electron chi connectivity index (χ0n) is 9.58. The number of hydrogen-bond acceptors (Lipinski definition) is 3. The molecule has 0 saturated carbocycles. The number of phenolic OH excluding ortho intramolecular Hbond substituents is 1. The molecule has 0 spiro atoms. The van der Waals surface area contributed by atoms with Gasteiger partial charge in [0.25, 0.3) is 0 Å². The largest absolute Gasteiger partial charge is 0.504 e. The first-order chi connectivity index (χ1) is 7.19. The molecule has 1 atom stereocenters. The van der Waals surface area contributed by atoms with Crippen molar-refractivity contribution in [3.63, 3.8) is 0 Å². The number of nitrogens with one attached hydrogen (secondary N) is 1. The molecule has 0 aliphatic carbocycles. The van der Waals surface area contributed by atoms with Crippen LogP contribution in [0.2, 0.25) is 0 Å². The summed E-state index contributed by atoms with van der Waals surface area (Å²) in [7, 11) is 1.56. The highest BCUT2D eigenvalue weighted by Crippen LogP contribution is 2.29. The minimum atomic E-state index is 0.232. The fraction of sp³-hybridized carbons (Fsp3) is 0.500. The molecule has 1 rings (SSSR count). The van der Waals surface area contributed by atoms with Gasteiger partial charge in [0.1, 0.15) is 0 Å². The smallest absolute Gasteiger partial charge is 0.162 e. The van der Waals surface area contributed by atoms with Crippen molar-refractivity contribution >= 4 is 0 Å². The van der Waals surface area contributed by atoms with E-state index in [2.05, 4.69) is 19.2 Å². The van der Waals surface area contributed by atoms with Gasteiger partial charge in [-0.3, -0.25) is 0 Å². The molecule has 15 heavy (non-hydrogen) atoms. The number of phenols is 1. The fourth-order valence-corrected chi connectivity index (χ4v) is 1.30. The summed E-state index contributed by atoms with van der Waals surface area (Å²) in [4.78, 5) is 0. The molecule has 84 valence electrons. The molecule has 2 N–H and O–H groups in total. The normalized spacial score (nSPS) is 12.5. The van der Waals surface area contributed by atoms with Crippen molar-refractivity contribution in [2.45, 2.75) is 32.9 Å². The Morgan fingerprint density at radius 1 is 1.47 bits per heavy atom. The highest BCUT2D eigenvalue weighted by Gasteiger charge is 2.07. The van der Waals surface area contributed by atoms with Gasteiger partial charge in [0.05, 0.1) is 7.11 Å². The molecule has 3 heteroatoms. The van der Waals surface area contributed by atoms with Gasteiger partial charge in [0.15, 0.2) is 11.5 Å². The molecule has 1 unspecified atom stereocenters. The fourth-order valence-electron chi connectivity index (χ4n) is 1.30. The summed E-state index contributed by atoms with van der Waals surface area (Å²) in [5.74, 6) is 0.759. The molecule has 0 saturated heterocycles. The Morgan fingerprint density at radius 3 is 2.80 bits per heavy atom. The Hall–Kier alpha value is -1.22. The molecule has 0 bridgehead atoms. The van der Waals surface area contributed by atoms with Crippen LogP contribution in [0.3, 0.4) is 0 Å². The number of hydrogen-bond donors (Lipinski definition) is 2. The molecule has 0 heterocycles. The van der Waals surface area contributed by atoms with Crippen LogP contribution < -0.4 is 10.1 Å². The van der Waals surface area contributed by atoms with Crippen molar-refractivity contribution in [3.8, 4) is 11.5 Å². The number of rotatable bonds is 5. The first-order valence-electron chi connectivity index (χ1n) is 5.27. The average Bonchev–Trinajstić information content (AvgIpc) is 2.27. The summed E-state index contributed by atoms with van der Waals surface area (Å²) in [5, 5.41) is 13.1. The maximum Gasteiger partial charge on any atom is 0.162 e. The van der Waals surface area contributed by atoms with Crippen LogP contribution >= 0.6 is 0 Å². The Balaban J connectivity index is 2.68. The number of benzene rings is 1. The zero-order valence-corrected chi connectivity index (χ0v) is 9.58. The first kappa shape index (κ1) is 11.9. The molecule has 1 aromatic carbocycles. The minimum absolute atomic E-state index is 0.232. The third-order valence-corrected chi connectivity index (χ3v) is 2.56. The Morgan fingerprint density at radius 2 is 2.20 bits per heavy atom. The van der Waals surface area contributed by atoms with Crippen molar-refractivity contribution in [1.82, 2.24) is 5.32 Å². The Labute approximate surface area is 91.1 Å². The van der Waals surface area contributed by atoms with Crippen LogP contribution in [0.5, 0.6) is 11.5 Å². The van der Waals surface area contributed by atoms with Crippen molar-refractivity contribution in [3.05, 3.63) is 23.8 Å². The zero-order chi connectivity index (χ0) is 11.3. The summed E-state index contributed by atoms with van der Waals surface area (Å²) < 4.78 is 5.04. The van der Waals surface area contributed by atoms with Gasteiger partial charge in [0, 0.05) is 18.2 Å². The van der Waals surface area contributed by atoms with Gasteiger partial charge in [0.2, 0.25) is 0 Å². The van der Waals surface area contributed by atoms with Crippen molar-refractivity contribution in [1.29, 1.82) is 0 Å². The van der Waals surface area contributed by atoms with Gasteiger partial charge >= 0.3 is 0 Å². The second-order valence-electron chi connectivity index (χ2n) is 3.66. The van der Waals surface area contributed by atoms with Gasteiger partial charge in [-0.1, -0.05) is 19.1 Å². The van der Waals surface area contributed by atoms with Gasteiger partial charge in [-0.25, -0.2) is 0 Å². The topological polar surface area (TPSA) is 41.5 Å². The first-order valence-corrected chi connectivity index (χ1v) is 5.27. The second kappa shape index (κ2) is 5.61. The molecule has 0 fully saturated rings. The molecule has 0 aromatic heterocycles. The summed E-state index contributed by atoms with van der Waals surface area (Å²) in [5.41, 5.74) is 0.870. The van der Waals surface area contributed by atoms with Crippen molar-refractivity contribution in [2.75, 3.05) is 7.11 Å². The van der Waals surface area contributed by atoms with Gasteiger partial charge in [-0.05, 0) is 19.4 Å². The highest BCUT2D eigenvalue weighted by atomic mass is 16.5. The van der Waals surface area contributed by atoms with Crippen molar-refractivity contribution in [2.24, 2.45) is 0 Å². The van der Waals surface area contributed by atoms with Crippen LogP contribution in [0.4, 0.5) is 0 Å². The quantitative estimate of drug-likeness (QED) is 0.781. The molecular formula is C12H19NO2. The molecule has 1 aromatic rings. The molecule has 3 nitrogen and oxygen atoms in total. The Kier molecular flexibility index (Phi) is 4.43. The summed E-state index contributed by atoms with van der Waals surface area (Å²) in [6.45, 7) is 4.92. The molecule has 0 aliphatic rings. The van der Waals surface area contributed by atoms with Crippen LogP contribution in [0.15, 0.2) is 18.2 Å². The van der Waals surface area contributed by atoms with Crippen LogP contribution in [-0.2, 0) is 6.54 Å². The second-order valence-corrected chi connectivity index (χ2v) is 3.66. The van der Waals surface area contributed by atoms with Crippen LogP contribution in [0, 0.1) is 0 Å².